The van der Waals surface area contributed by atoms with Gasteiger partial charge in [0.15, 0.2) is 5.75 Å². The Morgan fingerprint density at radius 1 is 0.897 bits per heavy atom. The van der Waals surface area contributed by atoms with Crippen molar-refractivity contribution in [3.8, 4) is 5.75 Å². The van der Waals surface area contributed by atoms with Gasteiger partial charge in [0.2, 0.25) is 5.43 Å². The summed E-state index contributed by atoms with van der Waals surface area (Å²) >= 11 is 0. The van der Waals surface area contributed by atoms with Gasteiger partial charge in [-0.2, -0.15) is 0 Å². The Kier molecular flexibility index (Phi) is 11.9. The van der Waals surface area contributed by atoms with E-state index in [4.69, 9.17) is 4.74 Å². The number of unbranched alkanes of at least 4 members (excludes halogenated alkanes) is 3. The standard InChI is InChI=1S/C19H22O3.C6H15N/c1-3-5-6-7-8-16-17(20)18(21)19(16)22-13-15-11-9-14(4-2)10-12-15;1-4-7(5-2)6-3/h4,9-12H,2-3,5-8,13H2,1H3;4-6H2,1-3H3. The molecule has 0 aliphatic rings. The fourth-order valence-electron chi connectivity index (χ4n) is 3.10. The van der Waals surface area contributed by atoms with Crippen LogP contribution in [0, 0.1) is 0 Å². The summed E-state index contributed by atoms with van der Waals surface area (Å²) in [5.74, 6) is 0.272. The molecule has 2 aromatic carbocycles. The van der Waals surface area contributed by atoms with E-state index in [1.54, 1.807) is 6.08 Å². The zero-order valence-electron chi connectivity index (χ0n) is 18.6. The Balaban J connectivity index is 0.000000516. The Morgan fingerprint density at radius 2 is 1.52 bits per heavy atom. The molecule has 0 spiro atoms. The lowest BCUT2D eigenvalue weighted by atomic mass is 10.0. The quantitative estimate of drug-likeness (QED) is 0.373. The van der Waals surface area contributed by atoms with Crippen LogP contribution in [0.1, 0.15) is 70.1 Å². The minimum Gasteiger partial charge on any atom is -0.484 e. The van der Waals surface area contributed by atoms with Crippen LogP contribution in [0.15, 0.2) is 40.4 Å². The molecule has 0 aliphatic carbocycles. The van der Waals surface area contributed by atoms with Crippen LogP contribution in [-0.2, 0) is 13.0 Å². The Labute approximate surface area is 175 Å². The van der Waals surface area contributed by atoms with Crippen molar-refractivity contribution in [2.45, 2.75) is 66.4 Å². The van der Waals surface area contributed by atoms with Crippen LogP contribution in [0.2, 0.25) is 0 Å². The summed E-state index contributed by atoms with van der Waals surface area (Å²) in [7, 11) is 0. The molecular weight excluding hydrogens is 362 g/mol. The lowest BCUT2D eigenvalue weighted by molar-refractivity contribution is 0.295. The lowest BCUT2D eigenvalue weighted by Crippen LogP contribution is -2.36. The third-order valence-corrected chi connectivity index (χ3v) is 5.18. The SMILES string of the molecule is C=Cc1ccc(COc2c(CCCCCC)c(=O)c2=O)cc1.CCN(CC)CC. The molecule has 0 saturated heterocycles. The number of hydrogen-bond acceptors (Lipinski definition) is 4. The molecular formula is C25H37NO3. The fraction of sp³-hybridized carbons (Fsp3) is 0.520. The fourth-order valence-corrected chi connectivity index (χ4v) is 3.10. The number of nitrogens with zero attached hydrogens (tertiary/aromatic N) is 1. The van der Waals surface area contributed by atoms with Crippen molar-refractivity contribution in [1.29, 1.82) is 0 Å². The highest BCUT2D eigenvalue weighted by Crippen LogP contribution is 2.17. The maximum Gasteiger partial charge on any atom is 0.268 e. The molecule has 29 heavy (non-hydrogen) atoms. The van der Waals surface area contributed by atoms with Crippen LogP contribution in [0.4, 0.5) is 0 Å². The molecule has 2 rings (SSSR count). The molecule has 0 aromatic heterocycles. The Bertz CT molecular complexity index is 776. The highest BCUT2D eigenvalue weighted by Gasteiger charge is 2.21. The third kappa shape index (κ3) is 7.98. The number of hydrogen-bond donors (Lipinski definition) is 0. The molecule has 0 amide bonds. The van der Waals surface area contributed by atoms with E-state index in [9.17, 15) is 9.59 Å². The van der Waals surface area contributed by atoms with Crippen LogP contribution >= 0.6 is 0 Å². The summed E-state index contributed by atoms with van der Waals surface area (Å²) in [5, 5.41) is 0. The van der Waals surface area contributed by atoms with Gasteiger partial charge in [-0.05, 0) is 43.6 Å². The highest BCUT2D eigenvalue weighted by molar-refractivity contribution is 5.47. The van der Waals surface area contributed by atoms with E-state index in [-0.39, 0.29) is 11.2 Å². The molecule has 0 saturated carbocycles. The zero-order valence-corrected chi connectivity index (χ0v) is 18.6. The molecule has 0 bridgehead atoms. The molecule has 4 heteroatoms. The van der Waals surface area contributed by atoms with Crippen molar-refractivity contribution >= 4 is 6.08 Å². The van der Waals surface area contributed by atoms with Gasteiger partial charge in [-0.1, -0.05) is 83.9 Å². The molecule has 160 valence electrons. The third-order valence-electron chi connectivity index (χ3n) is 5.18. The van der Waals surface area contributed by atoms with Crippen LogP contribution in [0.3, 0.4) is 0 Å². The predicted molar refractivity (Wildman–Crippen MR) is 124 cm³/mol. The van der Waals surface area contributed by atoms with Gasteiger partial charge < -0.3 is 9.64 Å². The second kappa shape index (κ2) is 13.9. The van der Waals surface area contributed by atoms with E-state index < -0.39 is 5.43 Å². The van der Waals surface area contributed by atoms with E-state index in [0.29, 0.717) is 18.6 Å². The van der Waals surface area contributed by atoms with Crippen LogP contribution in [-0.4, -0.2) is 24.5 Å². The molecule has 4 nitrogen and oxygen atoms in total. The molecule has 0 unspecified atom stereocenters. The van der Waals surface area contributed by atoms with Gasteiger partial charge in [-0.3, -0.25) is 9.59 Å². The van der Waals surface area contributed by atoms with E-state index >= 15 is 0 Å². The molecule has 0 heterocycles. The maximum atomic E-state index is 11.6. The summed E-state index contributed by atoms with van der Waals surface area (Å²) in [5.41, 5.74) is 1.73. The van der Waals surface area contributed by atoms with Gasteiger partial charge in [-0.15, -0.1) is 0 Å². The number of benzene rings is 1. The second-order valence-corrected chi connectivity index (χ2v) is 7.13. The van der Waals surface area contributed by atoms with Crippen LogP contribution in [0.25, 0.3) is 6.08 Å². The zero-order chi connectivity index (χ0) is 21.6. The molecule has 0 N–H and O–H groups in total. The number of ether oxygens (including phenoxy) is 1. The minimum absolute atomic E-state index is 0.272. The summed E-state index contributed by atoms with van der Waals surface area (Å²) in [6.07, 6.45) is 6.74. The largest absolute Gasteiger partial charge is 0.484 e. The van der Waals surface area contributed by atoms with Gasteiger partial charge in [0.05, 0.1) is 5.56 Å². The second-order valence-electron chi connectivity index (χ2n) is 7.13. The summed E-state index contributed by atoms with van der Waals surface area (Å²) < 4.78 is 5.57. The van der Waals surface area contributed by atoms with E-state index in [1.807, 2.05) is 24.3 Å². The first-order valence-corrected chi connectivity index (χ1v) is 10.9. The first kappa shape index (κ1) is 24.8. The number of rotatable bonds is 12. The van der Waals surface area contributed by atoms with Crippen molar-refractivity contribution in [2.24, 2.45) is 0 Å². The van der Waals surface area contributed by atoms with Crippen molar-refractivity contribution in [2.75, 3.05) is 19.6 Å². The first-order valence-electron chi connectivity index (χ1n) is 10.9. The van der Waals surface area contributed by atoms with Crippen molar-refractivity contribution in [3.63, 3.8) is 0 Å². The first-order chi connectivity index (χ1) is 14.0. The van der Waals surface area contributed by atoms with E-state index in [0.717, 1.165) is 36.8 Å². The minimum atomic E-state index is -0.479. The monoisotopic (exact) mass is 399 g/mol. The lowest BCUT2D eigenvalue weighted by Gasteiger charge is -2.13. The van der Waals surface area contributed by atoms with Gasteiger partial charge in [0.25, 0.3) is 5.43 Å². The average Bonchev–Trinajstić information content (AvgIpc) is 2.77. The molecule has 0 fully saturated rings. The van der Waals surface area contributed by atoms with Gasteiger partial charge in [0, 0.05) is 0 Å². The normalized spacial score (nSPS) is 10.7. The summed E-state index contributed by atoms with van der Waals surface area (Å²) in [6.45, 7) is 16.3. The van der Waals surface area contributed by atoms with E-state index in [2.05, 4.69) is 39.2 Å². The summed E-state index contributed by atoms with van der Waals surface area (Å²) in [4.78, 5) is 25.6. The molecule has 0 atom stereocenters. The van der Waals surface area contributed by atoms with Crippen LogP contribution in [0.5, 0.6) is 5.75 Å². The maximum absolute atomic E-state index is 11.6. The van der Waals surface area contributed by atoms with Crippen molar-refractivity contribution < 1.29 is 4.74 Å². The predicted octanol–water partition coefficient (Wildman–Crippen LogP) is 4.98. The van der Waals surface area contributed by atoms with Crippen LogP contribution < -0.4 is 15.6 Å². The Hall–Kier alpha value is -2.20. The van der Waals surface area contributed by atoms with Gasteiger partial charge >= 0.3 is 0 Å². The summed E-state index contributed by atoms with van der Waals surface area (Å²) in [6, 6.07) is 7.76. The van der Waals surface area contributed by atoms with Crippen molar-refractivity contribution in [3.05, 3.63) is 68.0 Å². The van der Waals surface area contributed by atoms with Crippen molar-refractivity contribution in [1.82, 2.24) is 4.90 Å². The average molecular weight is 400 g/mol. The highest BCUT2D eigenvalue weighted by atomic mass is 16.5. The molecule has 0 radical (unpaired) electrons. The molecule has 2 aromatic rings. The van der Waals surface area contributed by atoms with Gasteiger partial charge in [0.1, 0.15) is 6.61 Å². The Morgan fingerprint density at radius 3 is 2.00 bits per heavy atom. The smallest absolute Gasteiger partial charge is 0.268 e. The molecule has 0 aliphatic heterocycles. The topological polar surface area (TPSA) is 46.6 Å². The van der Waals surface area contributed by atoms with E-state index in [1.165, 1.54) is 19.6 Å². The van der Waals surface area contributed by atoms with Gasteiger partial charge in [-0.25, -0.2) is 0 Å².